The van der Waals surface area contributed by atoms with Crippen molar-refractivity contribution in [3.8, 4) is 0 Å². The fraction of sp³-hybridized carbons (Fsp3) is 0.174. The summed E-state index contributed by atoms with van der Waals surface area (Å²) in [5, 5.41) is 5.60. The number of benzene rings is 2. The van der Waals surface area contributed by atoms with Gasteiger partial charge in [-0.3, -0.25) is 9.59 Å². The van der Waals surface area contributed by atoms with Crippen molar-refractivity contribution in [2.75, 3.05) is 15.5 Å². The molecule has 146 valence electrons. The number of aromatic nitrogens is 1. The molecule has 1 atom stereocenters. The molecule has 2 amide bonds. The number of fused-ring (bicyclic) bond motifs is 1. The standard InChI is InChI=1S/C23H22N4O2/c1-15-12-17-6-3-4-9-21(17)27(15)22-13-18(10-11-24-22)23(29)26-20-8-5-7-19(14-20)25-16(2)28/h3-11,13-15H,12H2,1-2H3,(H,25,28)(H,26,29). The highest BCUT2D eigenvalue weighted by atomic mass is 16.2. The first-order chi connectivity index (χ1) is 14.0. The summed E-state index contributed by atoms with van der Waals surface area (Å²) in [5.74, 6) is 0.364. The average molecular weight is 386 g/mol. The number of carbonyl (C=O) groups is 2. The highest BCUT2D eigenvalue weighted by molar-refractivity contribution is 6.05. The van der Waals surface area contributed by atoms with E-state index in [1.807, 2.05) is 18.2 Å². The van der Waals surface area contributed by atoms with Gasteiger partial charge in [-0.2, -0.15) is 0 Å². The summed E-state index contributed by atoms with van der Waals surface area (Å²) in [6.07, 6.45) is 2.61. The molecule has 6 heteroatoms. The van der Waals surface area contributed by atoms with Crippen LogP contribution in [-0.4, -0.2) is 22.8 Å². The van der Waals surface area contributed by atoms with Gasteiger partial charge in [0.15, 0.2) is 0 Å². The van der Waals surface area contributed by atoms with Crippen LogP contribution in [0.15, 0.2) is 66.9 Å². The number of rotatable bonds is 4. The number of nitrogens with zero attached hydrogens (tertiary/aromatic N) is 2. The average Bonchev–Trinajstić information content (AvgIpc) is 3.03. The lowest BCUT2D eigenvalue weighted by Gasteiger charge is -2.24. The molecule has 0 radical (unpaired) electrons. The number of amides is 2. The van der Waals surface area contributed by atoms with E-state index in [0.717, 1.165) is 17.9 Å². The Bertz CT molecular complexity index is 1080. The quantitative estimate of drug-likeness (QED) is 0.698. The van der Waals surface area contributed by atoms with Crippen molar-refractivity contribution < 1.29 is 9.59 Å². The minimum absolute atomic E-state index is 0.160. The Labute approximate surface area is 169 Å². The third-order valence-electron chi connectivity index (χ3n) is 4.90. The summed E-state index contributed by atoms with van der Waals surface area (Å²) in [5.41, 5.74) is 4.18. The van der Waals surface area contributed by atoms with Crippen molar-refractivity contribution in [3.63, 3.8) is 0 Å². The van der Waals surface area contributed by atoms with Gasteiger partial charge in [-0.25, -0.2) is 4.98 Å². The molecule has 1 aliphatic rings. The Balaban J connectivity index is 1.56. The first-order valence-electron chi connectivity index (χ1n) is 9.53. The summed E-state index contributed by atoms with van der Waals surface area (Å²) >= 11 is 0. The van der Waals surface area contributed by atoms with Gasteiger partial charge in [0.25, 0.3) is 5.91 Å². The predicted molar refractivity (Wildman–Crippen MR) is 115 cm³/mol. The number of nitrogens with one attached hydrogen (secondary N) is 2. The molecule has 0 saturated carbocycles. The second kappa shape index (κ2) is 7.75. The molecule has 0 bridgehead atoms. The molecule has 29 heavy (non-hydrogen) atoms. The van der Waals surface area contributed by atoms with Crippen LogP contribution in [0.2, 0.25) is 0 Å². The van der Waals surface area contributed by atoms with Crippen molar-refractivity contribution in [2.24, 2.45) is 0 Å². The van der Waals surface area contributed by atoms with Crippen LogP contribution in [0.4, 0.5) is 22.9 Å². The molecule has 0 spiro atoms. The second-order valence-electron chi connectivity index (χ2n) is 7.17. The van der Waals surface area contributed by atoms with Crippen molar-refractivity contribution in [1.82, 2.24) is 4.98 Å². The van der Waals surface area contributed by atoms with E-state index in [-0.39, 0.29) is 17.9 Å². The minimum Gasteiger partial charge on any atom is -0.326 e. The molecule has 0 saturated heterocycles. The maximum atomic E-state index is 12.8. The summed E-state index contributed by atoms with van der Waals surface area (Å²) < 4.78 is 0. The number of para-hydroxylation sites is 1. The zero-order valence-electron chi connectivity index (χ0n) is 16.3. The Morgan fingerprint density at radius 3 is 2.55 bits per heavy atom. The number of carbonyl (C=O) groups excluding carboxylic acids is 2. The molecular formula is C23H22N4O2. The number of pyridine rings is 1. The van der Waals surface area contributed by atoms with E-state index in [0.29, 0.717) is 16.9 Å². The van der Waals surface area contributed by atoms with Crippen LogP contribution in [0, 0.1) is 0 Å². The lowest BCUT2D eigenvalue weighted by atomic mass is 10.1. The topological polar surface area (TPSA) is 74.3 Å². The second-order valence-corrected chi connectivity index (χ2v) is 7.17. The molecule has 6 nitrogen and oxygen atoms in total. The number of hydrogen-bond donors (Lipinski definition) is 2. The molecule has 1 unspecified atom stereocenters. The highest BCUT2D eigenvalue weighted by Gasteiger charge is 2.28. The van der Waals surface area contributed by atoms with Crippen LogP contribution >= 0.6 is 0 Å². The van der Waals surface area contributed by atoms with Crippen LogP contribution in [0.3, 0.4) is 0 Å². The van der Waals surface area contributed by atoms with E-state index in [9.17, 15) is 9.59 Å². The van der Waals surface area contributed by atoms with Crippen molar-refractivity contribution in [3.05, 3.63) is 78.0 Å². The molecule has 1 aromatic heterocycles. The van der Waals surface area contributed by atoms with Crippen LogP contribution in [0.1, 0.15) is 29.8 Å². The van der Waals surface area contributed by atoms with Gasteiger partial charge in [-0.1, -0.05) is 24.3 Å². The van der Waals surface area contributed by atoms with Gasteiger partial charge < -0.3 is 15.5 Å². The maximum absolute atomic E-state index is 12.8. The third-order valence-corrected chi connectivity index (χ3v) is 4.90. The Morgan fingerprint density at radius 1 is 1.00 bits per heavy atom. The van der Waals surface area contributed by atoms with Gasteiger partial charge in [-0.15, -0.1) is 0 Å². The Hall–Kier alpha value is -3.67. The van der Waals surface area contributed by atoms with Crippen LogP contribution in [-0.2, 0) is 11.2 Å². The molecule has 2 heterocycles. The molecule has 1 aliphatic heterocycles. The molecular weight excluding hydrogens is 364 g/mol. The Morgan fingerprint density at radius 2 is 1.76 bits per heavy atom. The lowest BCUT2D eigenvalue weighted by molar-refractivity contribution is -0.114. The third kappa shape index (κ3) is 3.96. The monoisotopic (exact) mass is 386 g/mol. The normalized spacial score (nSPS) is 15.0. The van der Waals surface area contributed by atoms with Crippen molar-refractivity contribution in [2.45, 2.75) is 26.3 Å². The summed E-state index contributed by atoms with van der Waals surface area (Å²) in [4.78, 5) is 30.7. The fourth-order valence-electron chi connectivity index (χ4n) is 3.69. The SMILES string of the molecule is CC(=O)Nc1cccc(NC(=O)c2ccnc(N3c4ccccc4CC3C)c2)c1. The van der Waals surface area contributed by atoms with E-state index in [1.165, 1.54) is 12.5 Å². The summed E-state index contributed by atoms with van der Waals surface area (Å²) in [6, 6.07) is 19.1. The molecule has 0 aliphatic carbocycles. The van der Waals surface area contributed by atoms with E-state index in [1.54, 1.807) is 36.5 Å². The maximum Gasteiger partial charge on any atom is 0.255 e. The summed E-state index contributed by atoms with van der Waals surface area (Å²) in [6.45, 7) is 3.60. The van der Waals surface area contributed by atoms with Gasteiger partial charge in [-0.05, 0) is 55.3 Å². The molecule has 2 aromatic carbocycles. The van der Waals surface area contributed by atoms with Gasteiger partial charge in [0, 0.05) is 41.8 Å². The minimum atomic E-state index is -0.228. The first kappa shape index (κ1) is 18.7. The van der Waals surface area contributed by atoms with E-state index in [4.69, 9.17) is 0 Å². The Kier molecular flexibility index (Phi) is 4.99. The van der Waals surface area contributed by atoms with Crippen LogP contribution in [0.5, 0.6) is 0 Å². The van der Waals surface area contributed by atoms with Gasteiger partial charge >= 0.3 is 0 Å². The number of anilines is 4. The fourth-order valence-corrected chi connectivity index (χ4v) is 3.69. The number of hydrogen-bond acceptors (Lipinski definition) is 4. The largest absolute Gasteiger partial charge is 0.326 e. The van der Waals surface area contributed by atoms with E-state index >= 15 is 0 Å². The van der Waals surface area contributed by atoms with Crippen molar-refractivity contribution in [1.29, 1.82) is 0 Å². The predicted octanol–water partition coefficient (Wildman–Crippen LogP) is 4.38. The van der Waals surface area contributed by atoms with Gasteiger partial charge in [0.1, 0.15) is 5.82 Å². The molecule has 0 fully saturated rings. The highest BCUT2D eigenvalue weighted by Crippen LogP contribution is 2.37. The van der Waals surface area contributed by atoms with E-state index in [2.05, 4.69) is 39.6 Å². The van der Waals surface area contributed by atoms with E-state index < -0.39 is 0 Å². The molecule has 3 aromatic rings. The van der Waals surface area contributed by atoms with Crippen LogP contribution in [0.25, 0.3) is 0 Å². The van der Waals surface area contributed by atoms with Gasteiger partial charge in [0.2, 0.25) is 5.91 Å². The smallest absolute Gasteiger partial charge is 0.255 e. The first-order valence-corrected chi connectivity index (χ1v) is 9.53. The lowest BCUT2D eigenvalue weighted by Crippen LogP contribution is -2.25. The zero-order valence-corrected chi connectivity index (χ0v) is 16.3. The molecule has 2 N–H and O–H groups in total. The van der Waals surface area contributed by atoms with Gasteiger partial charge in [0.05, 0.1) is 0 Å². The molecule has 4 rings (SSSR count). The van der Waals surface area contributed by atoms with Crippen molar-refractivity contribution >= 4 is 34.7 Å². The van der Waals surface area contributed by atoms with Crippen LogP contribution < -0.4 is 15.5 Å². The summed E-state index contributed by atoms with van der Waals surface area (Å²) in [7, 11) is 0. The zero-order chi connectivity index (χ0) is 20.4.